The summed E-state index contributed by atoms with van der Waals surface area (Å²) in [4.78, 5) is 2.37. The van der Waals surface area contributed by atoms with Crippen LogP contribution in [0.2, 0.25) is 0 Å². The largest absolute Gasteiger partial charge is 0.490 e. The number of hydrogen-bond donors (Lipinski definition) is 1. The number of para-hydroxylation sites is 1. The minimum atomic E-state index is -0.467. The Morgan fingerprint density at radius 3 is 2.95 bits per heavy atom. The van der Waals surface area contributed by atoms with Crippen LogP contribution in [0.1, 0.15) is 31.9 Å². The number of aliphatic hydroxyl groups excluding tert-OH is 1. The molecule has 0 aliphatic carbocycles. The van der Waals surface area contributed by atoms with Gasteiger partial charge in [-0.1, -0.05) is 32.0 Å². The molecule has 1 unspecified atom stereocenters. The zero-order valence-corrected chi connectivity index (χ0v) is 12.4. The molecule has 4 heteroatoms. The first-order valence-corrected chi connectivity index (χ1v) is 7.48. The molecule has 0 spiro atoms. The third-order valence-corrected chi connectivity index (χ3v) is 3.76. The van der Waals surface area contributed by atoms with Crippen LogP contribution in [-0.2, 0) is 4.74 Å². The number of benzene rings is 1. The SMILES string of the molecule is CC[C@@H](O)c1ccccc1OCC1CN(CC)CCO1. The van der Waals surface area contributed by atoms with Gasteiger partial charge >= 0.3 is 0 Å². The second-order valence-electron chi connectivity index (χ2n) is 5.16. The standard InChI is InChI=1S/C16H25NO3/c1-3-15(18)14-7-5-6-8-16(14)20-12-13-11-17(4-2)9-10-19-13/h5-8,13,15,18H,3-4,9-12H2,1-2H3/t13?,15-/m1/s1. The summed E-state index contributed by atoms with van der Waals surface area (Å²) in [5.41, 5.74) is 0.859. The molecular weight excluding hydrogens is 254 g/mol. The summed E-state index contributed by atoms with van der Waals surface area (Å²) >= 11 is 0. The van der Waals surface area contributed by atoms with Gasteiger partial charge in [0.1, 0.15) is 18.5 Å². The molecule has 1 aliphatic heterocycles. The molecule has 1 heterocycles. The number of morpholine rings is 1. The Kier molecular flexibility index (Phi) is 5.83. The summed E-state index contributed by atoms with van der Waals surface area (Å²) in [7, 11) is 0. The van der Waals surface area contributed by atoms with E-state index in [0.717, 1.165) is 37.6 Å². The average Bonchev–Trinajstić information content (AvgIpc) is 2.52. The van der Waals surface area contributed by atoms with Gasteiger partial charge in [0.05, 0.1) is 12.7 Å². The zero-order valence-electron chi connectivity index (χ0n) is 12.4. The summed E-state index contributed by atoms with van der Waals surface area (Å²) in [6.07, 6.45) is 0.324. The lowest BCUT2D eigenvalue weighted by Gasteiger charge is -2.32. The van der Waals surface area contributed by atoms with Crippen LogP contribution in [-0.4, -0.2) is 49.0 Å². The van der Waals surface area contributed by atoms with E-state index in [1.807, 2.05) is 31.2 Å². The van der Waals surface area contributed by atoms with Crippen LogP contribution in [0.15, 0.2) is 24.3 Å². The maximum atomic E-state index is 10.0. The van der Waals surface area contributed by atoms with E-state index < -0.39 is 6.10 Å². The molecule has 2 atom stereocenters. The number of likely N-dealkylation sites (N-methyl/N-ethyl adjacent to an activating group) is 1. The van der Waals surface area contributed by atoms with Crippen molar-refractivity contribution < 1.29 is 14.6 Å². The Morgan fingerprint density at radius 1 is 1.40 bits per heavy atom. The first-order valence-electron chi connectivity index (χ1n) is 7.48. The van der Waals surface area contributed by atoms with Gasteiger partial charge in [0, 0.05) is 18.7 Å². The predicted molar refractivity (Wildman–Crippen MR) is 79.0 cm³/mol. The molecular formula is C16H25NO3. The molecule has 0 saturated carbocycles. The molecule has 20 heavy (non-hydrogen) atoms. The monoisotopic (exact) mass is 279 g/mol. The maximum absolute atomic E-state index is 10.0. The third-order valence-electron chi connectivity index (χ3n) is 3.76. The van der Waals surface area contributed by atoms with Crippen LogP contribution in [0.3, 0.4) is 0 Å². The van der Waals surface area contributed by atoms with E-state index in [0.29, 0.717) is 13.0 Å². The number of hydrogen-bond acceptors (Lipinski definition) is 4. The summed E-state index contributed by atoms with van der Waals surface area (Å²) in [5, 5.41) is 10.0. The normalized spacial score (nSPS) is 21.6. The fourth-order valence-corrected chi connectivity index (χ4v) is 2.46. The van der Waals surface area contributed by atoms with Gasteiger partial charge in [0.2, 0.25) is 0 Å². The smallest absolute Gasteiger partial charge is 0.125 e. The summed E-state index contributed by atoms with van der Waals surface area (Å²) in [6.45, 7) is 8.38. The van der Waals surface area contributed by atoms with E-state index in [1.54, 1.807) is 0 Å². The minimum absolute atomic E-state index is 0.107. The van der Waals surface area contributed by atoms with Gasteiger partial charge in [-0.3, -0.25) is 4.90 Å². The predicted octanol–water partition coefficient (Wildman–Crippen LogP) is 2.23. The molecule has 1 N–H and O–H groups in total. The highest BCUT2D eigenvalue weighted by Gasteiger charge is 2.20. The Balaban J connectivity index is 1.93. The minimum Gasteiger partial charge on any atom is -0.490 e. The summed E-state index contributed by atoms with van der Waals surface area (Å²) in [6, 6.07) is 7.69. The van der Waals surface area contributed by atoms with Gasteiger partial charge in [-0.05, 0) is 19.0 Å². The van der Waals surface area contributed by atoms with Crippen molar-refractivity contribution in [2.24, 2.45) is 0 Å². The topological polar surface area (TPSA) is 41.9 Å². The van der Waals surface area contributed by atoms with Crippen molar-refractivity contribution in [3.63, 3.8) is 0 Å². The van der Waals surface area contributed by atoms with Gasteiger partial charge in [-0.2, -0.15) is 0 Å². The molecule has 1 aromatic carbocycles. The van der Waals surface area contributed by atoms with E-state index in [9.17, 15) is 5.11 Å². The highest BCUT2D eigenvalue weighted by atomic mass is 16.5. The Labute approximate surface area is 121 Å². The molecule has 0 radical (unpaired) electrons. The van der Waals surface area contributed by atoms with Crippen LogP contribution in [0.4, 0.5) is 0 Å². The molecule has 4 nitrogen and oxygen atoms in total. The number of rotatable bonds is 6. The van der Waals surface area contributed by atoms with Gasteiger partial charge in [-0.25, -0.2) is 0 Å². The van der Waals surface area contributed by atoms with Crippen molar-refractivity contribution in [1.29, 1.82) is 0 Å². The van der Waals surface area contributed by atoms with E-state index in [2.05, 4.69) is 11.8 Å². The first-order chi connectivity index (χ1) is 9.74. The van der Waals surface area contributed by atoms with Crippen LogP contribution in [0.5, 0.6) is 5.75 Å². The fourth-order valence-electron chi connectivity index (χ4n) is 2.46. The van der Waals surface area contributed by atoms with Crippen molar-refractivity contribution in [2.45, 2.75) is 32.5 Å². The van der Waals surface area contributed by atoms with E-state index in [1.165, 1.54) is 0 Å². The van der Waals surface area contributed by atoms with Crippen molar-refractivity contribution in [1.82, 2.24) is 4.90 Å². The summed E-state index contributed by atoms with van der Waals surface area (Å²) in [5.74, 6) is 0.763. The van der Waals surface area contributed by atoms with Crippen LogP contribution in [0, 0.1) is 0 Å². The second-order valence-corrected chi connectivity index (χ2v) is 5.16. The van der Waals surface area contributed by atoms with Crippen LogP contribution in [0.25, 0.3) is 0 Å². The van der Waals surface area contributed by atoms with Crippen molar-refractivity contribution in [3.05, 3.63) is 29.8 Å². The summed E-state index contributed by atoms with van der Waals surface area (Å²) < 4.78 is 11.6. The highest BCUT2D eigenvalue weighted by molar-refractivity contribution is 5.35. The highest BCUT2D eigenvalue weighted by Crippen LogP contribution is 2.27. The van der Waals surface area contributed by atoms with Crippen molar-refractivity contribution in [3.8, 4) is 5.75 Å². The van der Waals surface area contributed by atoms with Gasteiger partial charge < -0.3 is 14.6 Å². The average molecular weight is 279 g/mol. The maximum Gasteiger partial charge on any atom is 0.125 e. The molecule has 1 fully saturated rings. The molecule has 0 aromatic heterocycles. The van der Waals surface area contributed by atoms with E-state index in [4.69, 9.17) is 9.47 Å². The zero-order chi connectivity index (χ0) is 14.4. The molecule has 0 amide bonds. The fraction of sp³-hybridized carbons (Fsp3) is 0.625. The van der Waals surface area contributed by atoms with Gasteiger partial charge in [-0.15, -0.1) is 0 Å². The Hall–Kier alpha value is -1.10. The molecule has 0 bridgehead atoms. The van der Waals surface area contributed by atoms with Crippen molar-refractivity contribution in [2.75, 3.05) is 32.8 Å². The Bertz CT molecular complexity index is 410. The van der Waals surface area contributed by atoms with E-state index >= 15 is 0 Å². The first kappa shape index (κ1) is 15.3. The van der Waals surface area contributed by atoms with Crippen LogP contribution < -0.4 is 4.74 Å². The van der Waals surface area contributed by atoms with Gasteiger partial charge in [0.15, 0.2) is 0 Å². The lowest BCUT2D eigenvalue weighted by molar-refractivity contribution is -0.0467. The quantitative estimate of drug-likeness (QED) is 0.867. The Morgan fingerprint density at radius 2 is 2.20 bits per heavy atom. The van der Waals surface area contributed by atoms with Crippen molar-refractivity contribution >= 4 is 0 Å². The van der Waals surface area contributed by atoms with Crippen LogP contribution >= 0.6 is 0 Å². The molecule has 1 aromatic rings. The molecule has 1 saturated heterocycles. The molecule has 112 valence electrons. The van der Waals surface area contributed by atoms with Gasteiger partial charge in [0.25, 0.3) is 0 Å². The lowest BCUT2D eigenvalue weighted by atomic mass is 10.1. The van der Waals surface area contributed by atoms with E-state index in [-0.39, 0.29) is 6.10 Å². The number of ether oxygens (including phenoxy) is 2. The molecule has 2 rings (SSSR count). The number of nitrogens with zero attached hydrogens (tertiary/aromatic N) is 1. The lowest BCUT2D eigenvalue weighted by Crippen LogP contribution is -2.44. The number of aliphatic hydroxyl groups is 1. The molecule has 1 aliphatic rings. The second kappa shape index (κ2) is 7.62. The third kappa shape index (κ3) is 3.95.